The molecule has 0 N–H and O–H groups in total. The van der Waals surface area contributed by atoms with Crippen LogP contribution in [0.25, 0.3) is 33.4 Å². The molecule has 0 unspecified atom stereocenters. The van der Waals surface area contributed by atoms with Gasteiger partial charge in [-0.1, -0.05) is 46.4 Å². The van der Waals surface area contributed by atoms with Gasteiger partial charge in [0.05, 0.1) is 39.9 Å². The third-order valence-corrected chi connectivity index (χ3v) is 7.95. The molecule has 0 fully saturated rings. The standard InChI is InChI=1S/C26H20Cl4O5/c1-9-7-13-15(16-17(26(32)34-6)19(28)21(30)20(29)18(16)27)14-8-10(2)23(33-5)12(4)25(14)35-24(13)11(3)22(9)31/h7-8H,1-6H3. The highest BCUT2D eigenvalue weighted by atomic mass is 35.5. The molecule has 4 rings (SSSR count). The Kier molecular flexibility index (Phi) is 6.75. The van der Waals surface area contributed by atoms with Crippen molar-refractivity contribution in [2.75, 3.05) is 14.2 Å². The van der Waals surface area contributed by atoms with Crippen molar-refractivity contribution in [2.45, 2.75) is 27.7 Å². The molecule has 0 saturated heterocycles. The Balaban J connectivity index is 2.41. The summed E-state index contributed by atoms with van der Waals surface area (Å²) in [6.07, 6.45) is 0. The number of fused-ring (bicyclic) bond motifs is 2. The van der Waals surface area contributed by atoms with Gasteiger partial charge in [0.25, 0.3) is 0 Å². The Morgan fingerprint density at radius 3 is 2.06 bits per heavy atom. The number of methoxy groups -OCH3 is 2. The second kappa shape index (κ2) is 9.21. The lowest BCUT2D eigenvalue weighted by molar-refractivity contribution is 0.0602. The van der Waals surface area contributed by atoms with Crippen LogP contribution in [0.3, 0.4) is 0 Å². The molecule has 1 aliphatic heterocycles. The van der Waals surface area contributed by atoms with Gasteiger partial charge in [-0.05, 0) is 51.0 Å². The minimum Gasteiger partial charge on any atom is -0.496 e. The maximum absolute atomic E-state index is 13.0. The maximum Gasteiger partial charge on any atom is 0.340 e. The average molecular weight is 554 g/mol. The number of benzene rings is 3. The number of rotatable bonds is 3. The van der Waals surface area contributed by atoms with Crippen LogP contribution in [0.2, 0.25) is 20.1 Å². The number of carbonyl (C=O) groups is 1. The lowest BCUT2D eigenvalue weighted by Gasteiger charge is -2.23. The van der Waals surface area contributed by atoms with E-state index in [1.807, 2.05) is 19.9 Å². The van der Waals surface area contributed by atoms with E-state index >= 15 is 0 Å². The highest BCUT2D eigenvalue weighted by molar-refractivity contribution is 6.54. The molecule has 0 atom stereocenters. The molecule has 5 nitrogen and oxygen atoms in total. The number of esters is 1. The lowest BCUT2D eigenvalue weighted by Crippen LogP contribution is -2.13. The second-order valence-electron chi connectivity index (χ2n) is 8.23. The summed E-state index contributed by atoms with van der Waals surface area (Å²) in [5.74, 6) is 0.222. The Hall–Kier alpha value is -2.44. The third kappa shape index (κ3) is 3.77. The number of halogens is 4. The van der Waals surface area contributed by atoms with E-state index in [0.29, 0.717) is 50.3 Å². The Morgan fingerprint density at radius 2 is 1.46 bits per heavy atom. The molecule has 0 amide bonds. The van der Waals surface area contributed by atoms with Crippen molar-refractivity contribution in [3.63, 3.8) is 0 Å². The summed E-state index contributed by atoms with van der Waals surface area (Å²) in [7, 11) is 2.80. The summed E-state index contributed by atoms with van der Waals surface area (Å²) in [4.78, 5) is 25.8. The molecule has 1 heterocycles. The van der Waals surface area contributed by atoms with Crippen LogP contribution in [0.1, 0.15) is 32.6 Å². The molecular formula is C26H20Cl4O5. The monoisotopic (exact) mass is 552 g/mol. The molecule has 2 aromatic rings. The van der Waals surface area contributed by atoms with Gasteiger partial charge >= 0.3 is 5.97 Å². The first-order valence-corrected chi connectivity index (χ1v) is 12.0. The van der Waals surface area contributed by atoms with E-state index in [9.17, 15) is 9.59 Å². The van der Waals surface area contributed by atoms with Gasteiger partial charge in [0, 0.05) is 33.2 Å². The van der Waals surface area contributed by atoms with Crippen LogP contribution in [0.4, 0.5) is 0 Å². The summed E-state index contributed by atoms with van der Waals surface area (Å²) in [5, 5.41) is 0.454. The van der Waals surface area contributed by atoms with E-state index in [4.69, 9.17) is 60.3 Å². The van der Waals surface area contributed by atoms with Gasteiger partial charge in [-0.25, -0.2) is 4.79 Å². The molecule has 2 aromatic carbocycles. The number of aryl methyl sites for hydroxylation is 3. The fourth-order valence-electron chi connectivity index (χ4n) is 4.52. The second-order valence-corrected chi connectivity index (χ2v) is 9.74. The van der Waals surface area contributed by atoms with Gasteiger partial charge in [-0.3, -0.25) is 4.79 Å². The fourth-order valence-corrected chi connectivity index (χ4v) is 5.55. The van der Waals surface area contributed by atoms with Crippen molar-refractivity contribution in [1.29, 1.82) is 0 Å². The van der Waals surface area contributed by atoms with Crippen molar-refractivity contribution in [2.24, 2.45) is 0 Å². The lowest BCUT2D eigenvalue weighted by atomic mass is 9.87. The van der Waals surface area contributed by atoms with E-state index in [1.54, 1.807) is 27.0 Å². The number of carbonyl (C=O) groups excluding carboxylic acids is 1. The topological polar surface area (TPSA) is 65.7 Å². The van der Waals surface area contributed by atoms with Crippen molar-refractivity contribution < 1.29 is 18.7 Å². The zero-order valence-corrected chi connectivity index (χ0v) is 22.7. The van der Waals surface area contributed by atoms with Crippen LogP contribution in [-0.4, -0.2) is 20.2 Å². The maximum atomic E-state index is 13.0. The smallest absolute Gasteiger partial charge is 0.340 e. The van der Waals surface area contributed by atoms with Crippen molar-refractivity contribution in [3.8, 4) is 28.2 Å². The molecule has 182 valence electrons. The first-order valence-electron chi connectivity index (χ1n) is 10.5. The Bertz CT molecular complexity index is 1590. The highest BCUT2D eigenvalue weighted by Gasteiger charge is 2.32. The van der Waals surface area contributed by atoms with E-state index < -0.39 is 5.97 Å². The van der Waals surface area contributed by atoms with Crippen molar-refractivity contribution >= 4 is 63.3 Å². The molecule has 9 heteroatoms. The van der Waals surface area contributed by atoms with Gasteiger partial charge in [0.15, 0.2) is 5.43 Å². The normalized spacial score (nSPS) is 11.4. The quantitative estimate of drug-likeness (QED) is 0.111. The first kappa shape index (κ1) is 25.6. The summed E-state index contributed by atoms with van der Waals surface area (Å²) in [6.45, 7) is 7.13. The van der Waals surface area contributed by atoms with Gasteiger partial charge in [-0.2, -0.15) is 0 Å². The Morgan fingerprint density at radius 1 is 0.829 bits per heavy atom. The molecule has 0 radical (unpaired) electrons. The summed E-state index contributed by atoms with van der Waals surface area (Å²) >= 11 is 26.1. The van der Waals surface area contributed by atoms with Crippen LogP contribution in [0.15, 0.2) is 21.3 Å². The summed E-state index contributed by atoms with van der Waals surface area (Å²) < 4.78 is 16.9. The van der Waals surface area contributed by atoms with Crippen molar-refractivity contribution in [1.82, 2.24) is 0 Å². The third-order valence-electron chi connectivity index (χ3n) is 6.14. The fraction of sp³-hybridized carbons (Fsp3) is 0.231. The van der Waals surface area contributed by atoms with E-state index in [1.165, 1.54) is 7.11 Å². The van der Waals surface area contributed by atoms with Crippen LogP contribution in [-0.2, 0) is 4.74 Å². The van der Waals surface area contributed by atoms with Crippen LogP contribution in [0, 0.1) is 27.7 Å². The summed E-state index contributed by atoms with van der Waals surface area (Å²) in [6, 6.07) is 3.56. The average Bonchev–Trinajstić information content (AvgIpc) is 2.83. The van der Waals surface area contributed by atoms with Gasteiger partial charge in [0.2, 0.25) is 0 Å². The highest BCUT2D eigenvalue weighted by Crippen LogP contribution is 2.52. The number of hydrogen-bond acceptors (Lipinski definition) is 5. The summed E-state index contributed by atoms with van der Waals surface area (Å²) in [5.41, 5.74) is 3.97. The van der Waals surface area contributed by atoms with Crippen LogP contribution < -0.4 is 10.2 Å². The molecule has 0 bridgehead atoms. The molecule has 35 heavy (non-hydrogen) atoms. The number of ether oxygens (including phenoxy) is 2. The van der Waals surface area contributed by atoms with Gasteiger partial charge in [-0.15, -0.1) is 0 Å². The van der Waals surface area contributed by atoms with Crippen LogP contribution >= 0.6 is 46.4 Å². The SMILES string of the molecule is COC(=O)c1c(Cl)c(Cl)c(Cl)c(Cl)c1-c1c2cc(C)c(=O)c(C)c-2oc2c(C)c(OC)c(C)cc12. The molecule has 0 spiro atoms. The molecule has 1 aliphatic carbocycles. The van der Waals surface area contributed by atoms with Crippen LogP contribution in [0.5, 0.6) is 5.75 Å². The van der Waals surface area contributed by atoms with Gasteiger partial charge in [0.1, 0.15) is 17.1 Å². The minimum atomic E-state index is -0.747. The molecule has 2 aliphatic rings. The van der Waals surface area contributed by atoms with E-state index in [2.05, 4.69) is 0 Å². The van der Waals surface area contributed by atoms with E-state index in [-0.39, 0.29) is 36.6 Å². The molecule has 0 saturated carbocycles. The number of hydrogen-bond donors (Lipinski definition) is 0. The largest absolute Gasteiger partial charge is 0.496 e. The minimum absolute atomic E-state index is 0.0149. The van der Waals surface area contributed by atoms with E-state index in [0.717, 1.165) is 5.56 Å². The predicted octanol–water partition coefficient (Wildman–Crippen LogP) is 8.21. The van der Waals surface area contributed by atoms with Crippen molar-refractivity contribution in [3.05, 3.63) is 70.3 Å². The first-order chi connectivity index (χ1) is 16.5. The zero-order chi connectivity index (χ0) is 25.9. The molecule has 0 aromatic heterocycles. The molecular weight excluding hydrogens is 534 g/mol. The van der Waals surface area contributed by atoms with Gasteiger partial charge < -0.3 is 13.9 Å². The zero-order valence-electron chi connectivity index (χ0n) is 19.7. The predicted molar refractivity (Wildman–Crippen MR) is 141 cm³/mol. The Labute approximate surface area is 221 Å².